The second-order valence-electron chi connectivity index (χ2n) is 5.49. The minimum atomic E-state index is -0.406. The van der Waals surface area contributed by atoms with Crippen molar-refractivity contribution in [1.29, 1.82) is 0 Å². The van der Waals surface area contributed by atoms with Gasteiger partial charge in [0.2, 0.25) is 11.8 Å². The minimum absolute atomic E-state index is 0.0603. The quantitative estimate of drug-likeness (QED) is 0.941. The molecule has 1 N–H and O–H groups in total. The second kappa shape index (κ2) is 6.56. The third-order valence-corrected chi connectivity index (χ3v) is 3.78. The summed E-state index contributed by atoms with van der Waals surface area (Å²) < 4.78 is 12.9. The van der Waals surface area contributed by atoms with Gasteiger partial charge in [-0.1, -0.05) is 6.07 Å². The lowest BCUT2D eigenvalue weighted by Crippen LogP contribution is -2.28. The van der Waals surface area contributed by atoms with Crippen LogP contribution in [-0.4, -0.2) is 28.2 Å². The van der Waals surface area contributed by atoms with E-state index in [0.29, 0.717) is 18.8 Å². The number of nitrogens with one attached hydrogen (secondary N) is 1. The molecule has 2 amide bonds. The van der Waals surface area contributed by atoms with Crippen molar-refractivity contribution >= 4 is 17.5 Å². The maximum Gasteiger partial charge on any atom is 0.229 e. The monoisotopic (exact) mass is 313 g/mol. The molecule has 1 unspecified atom stereocenters. The molecular formula is C17H16FN3O2. The van der Waals surface area contributed by atoms with E-state index in [-0.39, 0.29) is 24.1 Å². The summed E-state index contributed by atoms with van der Waals surface area (Å²) in [6.07, 6.45) is 1.86. The van der Waals surface area contributed by atoms with Gasteiger partial charge in [-0.25, -0.2) is 4.39 Å². The predicted molar refractivity (Wildman–Crippen MR) is 82.8 cm³/mol. The average Bonchev–Trinajstić information content (AvgIpc) is 2.92. The van der Waals surface area contributed by atoms with Crippen molar-refractivity contribution in [3.05, 3.63) is 60.2 Å². The Morgan fingerprint density at radius 1 is 1.26 bits per heavy atom. The second-order valence-corrected chi connectivity index (χ2v) is 5.49. The van der Waals surface area contributed by atoms with Gasteiger partial charge in [0.15, 0.2) is 0 Å². The zero-order valence-corrected chi connectivity index (χ0v) is 12.4. The number of benzene rings is 1. The minimum Gasteiger partial charge on any atom is -0.336 e. The number of rotatable bonds is 4. The first kappa shape index (κ1) is 15.1. The number of likely N-dealkylation sites (tertiary alicyclic amines) is 1. The summed E-state index contributed by atoms with van der Waals surface area (Å²) in [5.74, 6) is -1.06. The lowest BCUT2D eigenvalue weighted by molar-refractivity contribution is -0.128. The van der Waals surface area contributed by atoms with Crippen LogP contribution in [0.15, 0.2) is 48.7 Å². The largest absolute Gasteiger partial charge is 0.336 e. The molecule has 1 aliphatic heterocycles. The van der Waals surface area contributed by atoms with E-state index in [1.54, 1.807) is 11.1 Å². The fourth-order valence-electron chi connectivity index (χ4n) is 2.57. The number of hydrogen-bond acceptors (Lipinski definition) is 3. The number of amides is 2. The highest BCUT2D eigenvalue weighted by Crippen LogP contribution is 2.21. The van der Waals surface area contributed by atoms with Crippen LogP contribution >= 0.6 is 0 Å². The number of halogens is 1. The van der Waals surface area contributed by atoms with E-state index < -0.39 is 5.92 Å². The Balaban J connectivity index is 1.60. The number of carbonyl (C=O) groups excluding carboxylic acids is 2. The molecule has 0 spiro atoms. The molecular weight excluding hydrogens is 297 g/mol. The molecule has 0 radical (unpaired) electrons. The van der Waals surface area contributed by atoms with Crippen molar-refractivity contribution in [2.45, 2.75) is 13.0 Å². The maximum atomic E-state index is 12.9. The van der Waals surface area contributed by atoms with Crippen molar-refractivity contribution in [2.75, 3.05) is 11.9 Å². The van der Waals surface area contributed by atoms with E-state index >= 15 is 0 Å². The fraction of sp³-hybridized carbons (Fsp3) is 0.235. The zero-order chi connectivity index (χ0) is 16.2. The summed E-state index contributed by atoms with van der Waals surface area (Å²) in [4.78, 5) is 30.1. The third kappa shape index (κ3) is 3.71. The van der Waals surface area contributed by atoms with Crippen LogP contribution in [0.4, 0.5) is 10.1 Å². The number of carbonyl (C=O) groups is 2. The summed E-state index contributed by atoms with van der Waals surface area (Å²) in [6, 6.07) is 11.1. The van der Waals surface area contributed by atoms with Gasteiger partial charge >= 0.3 is 0 Å². The van der Waals surface area contributed by atoms with Crippen LogP contribution < -0.4 is 5.32 Å². The van der Waals surface area contributed by atoms with Crippen LogP contribution in [0.5, 0.6) is 0 Å². The molecule has 1 saturated heterocycles. The smallest absolute Gasteiger partial charge is 0.229 e. The van der Waals surface area contributed by atoms with Gasteiger partial charge in [-0.2, -0.15) is 0 Å². The molecule has 1 fully saturated rings. The zero-order valence-electron chi connectivity index (χ0n) is 12.4. The summed E-state index contributed by atoms with van der Waals surface area (Å²) in [6.45, 7) is 0.766. The van der Waals surface area contributed by atoms with Gasteiger partial charge < -0.3 is 10.2 Å². The van der Waals surface area contributed by atoms with E-state index in [1.807, 2.05) is 18.2 Å². The number of hydrogen-bond donors (Lipinski definition) is 1. The number of nitrogens with zero attached hydrogens (tertiary/aromatic N) is 2. The molecule has 1 aromatic heterocycles. The highest BCUT2D eigenvalue weighted by molar-refractivity contribution is 5.97. The van der Waals surface area contributed by atoms with Crippen molar-refractivity contribution in [1.82, 2.24) is 9.88 Å². The average molecular weight is 313 g/mol. The van der Waals surface area contributed by atoms with Gasteiger partial charge in [0, 0.05) is 24.8 Å². The van der Waals surface area contributed by atoms with E-state index in [9.17, 15) is 14.0 Å². The molecule has 0 saturated carbocycles. The van der Waals surface area contributed by atoms with Crippen molar-refractivity contribution in [3.63, 3.8) is 0 Å². The molecule has 6 heteroatoms. The van der Waals surface area contributed by atoms with Gasteiger partial charge in [-0.15, -0.1) is 0 Å². The first-order valence-corrected chi connectivity index (χ1v) is 7.36. The number of anilines is 1. The van der Waals surface area contributed by atoms with Crippen LogP contribution in [-0.2, 0) is 16.1 Å². The van der Waals surface area contributed by atoms with Crippen molar-refractivity contribution in [3.8, 4) is 0 Å². The molecule has 2 aromatic rings. The predicted octanol–water partition coefficient (Wildman–Crippen LogP) is 2.21. The van der Waals surface area contributed by atoms with Crippen LogP contribution in [0.25, 0.3) is 0 Å². The fourth-order valence-corrected chi connectivity index (χ4v) is 2.57. The topological polar surface area (TPSA) is 62.3 Å². The Morgan fingerprint density at radius 3 is 2.74 bits per heavy atom. The Morgan fingerprint density at radius 2 is 2.04 bits per heavy atom. The van der Waals surface area contributed by atoms with Crippen LogP contribution in [0.3, 0.4) is 0 Å². The molecule has 3 rings (SSSR count). The van der Waals surface area contributed by atoms with E-state index in [1.165, 1.54) is 24.3 Å². The molecule has 0 bridgehead atoms. The molecule has 1 atom stereocenters. The molecule has 2 heterocycles. The number of aromatic nitrogens is 1. The Kier molecular flexibility index (Phi) is 4.32. The van der Waals surface area contributed by atoms with Crippen LogP contribution in [0.2, 0.25) is 0 Å². The highest BCUT2D eigenvalue weighted by atomic mass is 19.1. The molecule has 1 aromatic carbocycles. The Hall–Kier alpha value is -2.76. The molecule has 5 nitrogen and oxygen atoms in total. The molecule has 23 heavy (non-hydrogen) atoms. The number of pyridine rings is 1. The lowest BCUT2D eigenvalue weighted by Gasteiger charge is -2.16. The third-order valence-electron chi connectivity index (χ3n) is 3.78. The van der Waals surface area contributed by atoms with Gasteiger partial charge in [0.25, 0.3) is 0 Å². The SMILES string of the molecule is O=C(Nc1ccc(F)cc1)C1CC(=O)N(Cc2ccccn2)C1. The molecule has 118 valence electrons. The van der Waals surface area contributed by atoms with Gasteiger partial charge in [-0.3, -0.25) is 14.6 Å². The lowest BCUT2D eigenvalue weighted by atomic mass is 10.1. The molecule has 0 aliphatic carbocycles. The first-order valence-electron chi connectivity index (χ1n) is 7.36. The van der Waals surface area contributed by atoms with E-state index in [2.05, 4.69) is 10.3 Å². The van der Waals surface area contributed by atoms with Crippen molar-refractivity contribution < 1.29 is 14.0 Å². The van der Waals surface area contributed by atoms with Crippen LogP contribution in [0.1, 0.15) is 12.1 Å². The van der Waals surface area contributed by atoms with Gasteiger partial charge in [0.05, 0.1) is 18.2 Å². The summed E-state index contributed by atoms with van der Waals surface area (Å²) in [5.41, 5.74) is 1.31. The standard InChI is InChI=1S/C17H16FN3O2/c18-13-4-6-14(7-5-13)20-17(23)12-9-16(22)21(10-12)11-15-3-1-2-8-19-15/h1-8,12H,9-11H2,(H,20,23). The van der Waals surface area contributed by atoms with E-state index in [4.69, 9.17) is 0 Å². The maximum absolute atomic E-state index is 12.9. The normalized spacial score (nSPS) is 17.3. The summed E-state index contributed by atoms with van der Waals surface area (Å²) >= 11 is 0. The first-order chi connectivity index (χ1) is 11.1. The Labute approximate surface area is 133 Å². The summed E-state index contributed by atoms with van der Waals surface area (Å²) in [5, 5.41) is 2.72. The summed E-state index contributed by atoms with van der Waals surface area (Å²) in [7, 11) is 0. The van der Waals surface area contributed by atoms with Crippen molar-refractivity contribution in [2.24, 2.45) is 5.92 Å². The van der Waals surface area contributed by atoms with Gasteiger partial charge in [0.1, 0.15) is 5.82 Å². The van der Waals surface area contributed by atoms with E-state index in [0.717, 1.165) is 5.69 Å². The highest BCUT2D eigenvalue weighted by Gasteiger charge is 2.34. The van der Waals surface area contributed by atoms with Gasteiger partial charge in [-0.05, 0) is 36.4 Å². The Bertz CT molecular complexity index is 704. The molecule has 1 aliphatic rings. The van der Waals surface area contributed by atoms with Crippen LogP contribution in [0, 0.1) is 11.7 Å².